The fraction of sp³-hybridized carbons (Fsp3) is 0. The Morgan fingerprint density at radius 1 is 1.29 bits per heavy atom. The molecule has 0 aliphatic heterocycles. The number of ketones is 1. The summed E-state index contributed by atoms with van der Waals surface area (Å²) < 4.78 is 0. The molecule has 84 valence electrons. The van der Waals surface area contributed by atoms with Gasteiger partial charge in [0, 0.05) is 28.3 Å². The van der Waals surface area contributed by atoms with Gasteiger partial charge in [-0.1, -0.05) is 11.6 Å². The number of hydrogen-bond donors (Lipinski definition) is 2. The molecule has 2 N–H and O–H groups in total. The van der Waals surface area contributed by atoms with E-state index in [1.54, 1.807) is 24.5 Å². The molecular formula is C12H8ClN3O. The van der Waals surface area contributed by atoms with E-state index in [4.69, 9.17) is 11.6 Å². The van der Waals surface area contributed by atoms with Crippen molar-refractivity contribution in [2.24, 2.45) is 0 Å². The van der Waals surface area contributed by atoms with E-state index >= 15 is 0 Å². The average molecular weight is 246 g/mol. The van der Waals surface area contributed by atoms with Gasteiger partial charge in [-0.3, -0.25) is 4.79 Å². The Kier molecular flexibility index (Phi) is 2.23. The highest BCUT2D eigenvalue weighted by molar-refractivity contribution is 6.31. The molecule has 17 heavy (non-hydrogen) atoms. The summed E-state index contributed by atoms with van der Waals surface area (Å²) in [6.45, 7) is 0. The number of carbonyl (C=O) groups is 1. The van der Waals surface area contributed by atoms with Crippen molar-refractivity contribution in [3.8, 4) is 0 Å². The molecular weight excluding hydrogens is 238 g/mol. The van der Waals surface area contributed by atoms with E-state index in [1.807, 2.05) is 12.1 Å². The standard InChI is InChI=1S/C12H8ClN3O/c13-8-1-2-9-7(5-8)6-10(16-9)11(17)12-14-3-4-15-12/h1-6,16H,(H,14,15). The summed E-state index contributed by atoms with van der Waals surface area (Å²) in [6, 6.07) is 7.20. The molecule has 0 aliphatic carbocycles. The van der Waals surface area contributed by atoms with Crippen molar-refractivity contribution in [1.82, 2.24) is 15.0 Å². The Labute approximate surface area is 102 Å². The van der Waals surface area contributed by atoms with Gasteiger partial charge in [-0.15, -0.1) is 0 Å². The van der Waals surface area contributed by atoms with Gasteiger partial charge in [0.25, 0.3) is 0 Å². The second kappa shape index (κ2) is 3.75. The maximum absolute atomic E-state index is 12.0. The van der Waals surface area contributed by atoms with Crippen LogP contribution in [0.4, 0.5) is 0 Å². The molecule has 0 bridgehead atoms. The predicted molar refractivity (Wildman–Crippen MR) is 65.3 cm³/mol. The first-order chi connectivity index (χ1) is 8.24. The van der Waals surface area contributed by atoms with E-state index in [2.05, 4.69) is 15.0 Å². The van der Waals surface area contributed by atoms with Crippen molar-refractivity contribution < 1.29 is 4.79 Å². The monoisotopic (exact) mass is 245 g/mol. The van der Waals surface area contributed by atoms with Crippen LogP contribution >= 0.6 is 11.6 Å². The van der Waals surface area contributed by atoms with E-state index in [9.17, 15) is 4.79 Å². The summed E-state index contributed by atoms with van der Waals surface area (Å²) in [5, 5.41) is 1.56. The Morgan fingerprint density at radius 2 is 2.18 bits per heavy atom. The number of aromatic amines is 2. The largest absolute Gasteiger partial charge is 0.352 e. The quantitative estimate of drug-likeness (QED) is 0.682. The van der Waals surface area contributed by atoms with Crippen molar-refractivity contribution in [3.05, 3.63) is 53.2 Å². The molecule has 2 aromatic heterocycles. The topological polar surface area (TPSA) is 61.5 Å². The third-order valence-electron chi connectivity index (χ3n) is 2.54. The first-order valence-electron chi connectivity index (χ1n) is 5.06. The van der Waals surface area contributed by atoms with Crippen molar-refractivity contribution in [2.75, 3.05) is 0 Å². The highest BCUT2D eigenvalue weighted by atomic mass is 35.5. The molecule has 3 aromatic rings. The SMILES string of the molecule is O=C(c1cc2cc(Cl)ccc2[nH]1)c1ncc[nH]1. The number of nitrogens with zero attached hydrogens (tertiary/aromatic N) is 1. The molecule has 0 amide bonds. The molecule has 5 heteroatoms. The van der Waals surface area contributed by atoms with Crippen LogP contribution in [0.5, 0.6) is 0 Å². The van der Waals surface area contributed by atoms with Gasteiger partial charge in [-0.2, -0.15) is 0 Å². The van der Waals surface area contributed by atoms with Crippen molar-refractivity contribution in [3.63, 3.8) is 0 Å². The lowest BCUT2D eigenvalue weighted by Crippen LogP contribution is -2.03. The molecule has 0 atom stereocenters. The zero-order chi connectivity index (χ0) is 11.8. The molecule has 0 fully saturated rings. The van der Waals surface area contributed by atoms with E-state index in [1.165, 1.54) is 0 Å². The molecule has 4 nitrogen and oxygen atoms in total. The van der Waals surface area contributed by atoms with E-state index < -0.39 is 0 Å². The number of benzene rings is 1. The summed E-state index contributed by atoms with van der Waals surface area (Å²) in [7, 11) is 0. The lowest BCUT2D eigenvalue weighted by atomic mass is 10.2. The van der Waals surface area contributed by atoms with Gasteiger partial charge in [0.15, 0.2) is 5.82 Å². The summed E-state index contributed by atoms with van der Waals surface area (Å²) in [4.78, 5) is 21.8. The Morgan fingerprint density at radius 3 is 2.94 bits per heavy atom. The van der Waals surface area contributed by atoms with Crippen LogP contribution < -0.4 is 0 Å². The predicted octanol–water partition coefficient (Wildman–Crippen LogP) is 2.78. The zero-order valence-electron chi connectivity index (χ0n) is 8.70. The highest BCUT2D eigenvalue weighted by Gasteiger charge is 2.13. The first-order valence-corrected chi connectivity index (χ1v) is 5.44. The number of aromatic nitrogens is 3. The van der Waals surface area contributed by atoms with E-state index in [-0.39, 0.29) is 5.78 Å². The van der Waals surface area contributed by atoms with Gasteiger partial charge in [0.2, 0.25) is 5.78 Å². The van der Waals surface area contributed by atoms with Crippen molar-refractivity contribution in [1.29, 1.82) is 0 Å². The van der Waals surface area contributed by atoms with Gasteiger partial charge < -0.3 is 9.97 Å². The van der Waals surface area contributed by atoms with Crippen LogP contribution in [0, 0.1) is 0 Å². The van der Waals surface area contributed by atoms with Crippen LogP contribution in [0.25, 0.3) is 10.9 Å². The van der Waals surface area contributed by atoms with Crippen LogP contribution in [0.3, 0.4) is 0 Å². The number of imidazole rings is 1. The third-order valence-corrected chi connectivity index (χ3v) is 2.78. The van der Waals surface area contributed by atoms with Crippen LogP contribution in [0.2, 0.25) is 5.02 Å². The van der Waals surface area contributed by atoms with Gasteiger partial charge in [-0.05, 0) is 24.3 Å². The number of halogens is 1. The van der Waals surface area contributed by atoms with Crippen molar-refractivity contribution in [2.45, 2.75) is 0 Å². The fourth-order valence-corrected chi connectivity index (χ4v) is 1.92. The fourth-order valence-electron chi connectivity index (χ4n) is 1.74. The summed E-state index contributed by atoms with van der Waals surface area (Å²) in [5.41, 5.74) is 1.38. The number of nitrogens with one attached hydrogen (secondary N) is 2. The molecule has 1 aromatic carbocycles. The number of hydrogen-bond acceptors (Lipinski definition) is 2. The number of H-pyrrole nitrogens is 2. The lowest BCUT2D eigenvalue weighted by Gasteiger charge is -1.91. The van der Waals surface area contributed by atoms with Crippen LogP contribution in [-0.2, 0) is 0 Å². The maximum Gasteiger partial charge on any atom is 0.244 e. The molecule has 0 unspecified atom stereocenters. The average Bonchev–Trinajstić information content (AvgIpc) is 2.96. The van der Waals surface area contributed by atoms with Gasteiger partial charge in [0.1, 0.15) is 0 Å². The molecule has 0 radical (unpaired) electrons. The van der Waals surface area contributed by atoms with E-state index in [0.717, 1.165) is 10.9 Å². The summed E-state index contributed by atoms with van der Waals surface area (Å²) >= 11 is 5.89. The number of carbonyl (C=O) groups excluding carboxylic acids is 1. The van der Waals surface area contributed by atoms with Gasteiger partial charge in [0.05, 0.1) is 5.69 Å². The Hall–Kier alpha value is -2.07. The number of fused-ring (bicyclic) bond motifs is 1. The van der Waals surface area contributed by atoms with Gasteiger partial charge in [-0.25, -0.2) is 4.98 Å². The second-order valence-corrected chi connectivity index (χ2v) is 4.12. The third kappa shape index (κ3) is 1.72. The minimum atomic E-state index is -0.165. The molecule has 0 saturated carbocycles. The van der Waals surface area contributed by atoms with Crippen LogP contribution in [0.1, 0.15) is 16.3 Å². The first kappa shape index (κ1) is 10.1. The summed E-state index contributed by atoms with van der Waals surface area (Å²) in [5.74, 6) is 0.157. The smallest absolute Gasteiger partial charge is 0.244 e. The Bertz CT molecular complexity index is 685. The maximum atomic E-state index is 12.0. The van der Waals surface area contributed by atoms with Crippen molar-refractivity contribution >= 4 is 28.3 Å². The second-order valence-electron chi connectivity index (χ2n) is 3.68. The van der Waals surface area contributed by atoms with Crippen LogP contribution in [0.15, 0.2) is 36.7 Å². The molecule has 0 spiro atoms. The molecule has 3 rings (SSSR count). The number of rotatable bonds is 2. The highest BCUT2D eigenvalue weighted by Crippen LogP contribution is 2.20. The lowest BCUT2D eigenvalue weighted by molar-refractivity contribution is 0.102. The summed E-state index contributed by atoms with van der Waals surface area (Å²) in [6.07, 6.45) is 3.17. The van der Waals surface area contributed by atoms with Crippen LogP contribution in [-0.4, -0.2) is 20.7 Å². The van der Waals surface area contributed by atoms with E-state index in [0.29, 0.717) is 16.5 Å². The molecule has 2 heterocycles. The normalized spacial score (nSPS) is 10.9. The molecule has 0 aliphatic rings. The van der Waals surface area contributed by atoms with Gasteiger partial charge >= 0.3 is 0 Å². The minimum Gasteiger partial charge on any atom is -0.352 e. The zero-order valence-corrected chi connectivity index (χ0v) is 9.45. The molecule has 0 saturated heterocycles. The Balaban J connectivity index is 2.09. The minimum absolute atomic E-state index is 0.165.